The fraction of sp³-hybridized carbons (Fsp3) is 0.806. The number of carbonyl (C=O) groups excluding carboxylic acids is 5. The second-order valence-corrected chi connectivity index (χ2v) is 18.0. The number of Topliss-reactive ketones (excluding diaryl/α,β-unsaturated/α-hetero) is 3. The monoisotopic (exact) mass is 858 g/mol. The summed E-state index contributed by atoms with van der Waals surface area (Å²) in [5, 5.41) is 31.3. The number of carbonyl (C=O) groups is 7. The number of carboxylic acids is 2. The van der Waals surface area contributed by atoms with Gasteiger partial charge in [-0.1, -0.05) is 49.6 Å². The summed E-state index contributed by atoms with van der Waals surface area (Å²) >= 11 is 0. The van der Waals surface area contributed by atoms with E-state index in [4.69, 9.17) is 15.9 Å². The normalized spacial score (nSPS) is 12.1. The van der Waals surface area contributed by atoms with Crippen molar-refractivity contribution in [1.82, 2.24) is 26.6 Å². The molecule has 0 rings (SSSR count). The van der Waals surface area contributed by atoms with Gasteiger partial charge in [0.2, 0.25) is 11.8 Å². The number of nitrogens with two attached hydrogens (primary N) is 1. The van der Waals surface area contributed by atoms with Crippen LogP contribution in [0.1, 0.15) is 104 Å². The maximum Gasteiger partial charge on any atom is 0.304 e. The second-order valence-electron chi connectivity index (χ2n) is 12.6. The van der Waals surface area contributed by atoms with Gasteiger partial charge >= 0.3 is 11.9 Å². The molecule has 0 aliphatic heterocycles. The Bertz CT molecular complexity index is 997. The van der Waals surface area contributed by atoms with Gasteiger partial charge in [-0.2, -0.15) is 0 Å². The molecule has 0 aliphatic carbocycles. The molecule has 9 N–H and O–H groups in total. The lowest BCUT2D eigenvalue weighted by Crippen LogP contribution is -2.40. The van der Waals surface area contributed by atoms with Gasteiger partial charge < -0.3 is 42.5 Å². The summed E-state index contributed by atoms with van der Waals surface area (Å²) in [4.78, 5) is 78.4. The quantitative estimate of drug-likeness (QED) is 0.0340. The summed E-state index contributed by atoms with van der Waals surface area (Å²) in [7, 11) is 11.6. The minimum atomic E-state index is -0.818. The number of carboxylic acid groups (broad SMARTS) is 2. The number of hydrogen-bond acceptors (Lipinski definition) is 15. The highest BCUT2D eigenvalue weighted by Gasteiger charge is 2.18. The topological polar surface area (TPSA) is 246 Å². The zero-order chi connectivity index (χ0) is 42.3. The highest BCUT2D eigenvalue weighted by atomic mass is 33.1. The summed E-state index contributed by atoms with van der Waals surface area (Å²) in [6.45, 7) is 7.37. The van der Waals surface area contributed by atoms with Crippen LogP contribution < -0.4 is 32.3 Å². The van der Waals surface area contributed by atoms with Crippen molar-refractivity contribution in [1.29, 1.82) is 0 Å². The van der Waals surface area contributed by atoms with Crippen LogP contribution in [0, 0.1) is 0 Å². The van der Waals surface area contributed by atoms with E-state index in [1.807, 2.05) is 21.1 Å². The molecule has 3 atom stereocenters. The molecule has 0 radical (unpaired) electrons. The van der Waals surface area contributed by atoms with Crippen molar-refractivity contribution in [3.05, 3.63) is 0 Å². The number of aliphatic carboxylic acids is 2. The molecule has 0 aromatic carbocycles. The van der Waals surface area contributed by atoms with Gasteiger partial charge in [-0.15, -0.1) is 0 Å². The number of amides is 2. The van der Waals surface area contributed by atoms with Crippen molar-refractivity contribution >= 4 is 84.3 Å². The van der Waals surface area contributed by atoms with Crippen LogP contribution >= 0.6 is 43.2 Å². The van der Waals surface area contributed by atoms with Crippen molar-refractivity contribution in [2.24, 2.45) is 5.73 Å². The van der Waals surface area contributed by atoms with Crippen LogP contribution in [-0.2, 0) is 33.6 Å². The van der Waals surface area contributed by atoms with E-state index >= 15 is 0 Å². The van der Waals surface area contributed by atoms with Crippen molar-refractivity contribution in [2.45, 2.75) is 122 Å². The molecule has 0 aromatic heterocycles. The summed E-state index contributed by atoms with van der Waals surface area (Å²) in [6, 6.07) is -1.06. The minimum absolute atomic E-state index is 0.0123. The lowest BCUT2D eigenvalue weighted by molar-refractivity contribution is -0.137. The van der Waals surface area contributed by atoms with Crippen LogP contribution in [0.15, 0.2) is 0 Å². The van der Waals surface area contributed by atoms with Crippen LogP contribution in [0.3, 0.4) is 0 Å². The van der Waals surface area contributed by atoms with Crippen LogP contribution in [0.2, 0.25) is 0 Å². The first kappa shape index (κ1) is 57.5. The molecule has 19 heteroatoms. The van der Waals surface area contributed by atoms with E-state index < -0.39 is 24.0 Å². The van der Waals surface area contributed by atoms with Gasteiger partial charge in [-0.25, -0.2) is 0 Å². The van der Waals surface area contributed by atoms with Crippen molar-refractivity contribution in [2.75, 3.05) is 63.8 Å². The van der Waals surface area contributed by atoms with Gasteiger partial charge in [0.1, 0.15) is 5.78 Å². The molecule has 0 bridgehead atoms. The van der Waals surface area contributed by atoms with E-state index in [0.29, 0.717) is 48.7 Å². The first-order valence-electron chi connectivity index (χ1n) is 18.8. The maximum absolute atomic E-state index is 12.1. The number of unbranched alkanes of at least 4 members (excludes halogenated alkanes) is 3. The Balaban J connectivity index is -0.000000952. The summed E-state index contributed by atoms with van der Waals surface area (Å²) < 4.78 is 0. The zero-order valence-electron chi connectivity index (χ0n) is 33.8. The molecule has 0 fully saturated rings. The number of ketones is 3. The number of hydrogen-bond donors (Lipinski definition) is 8. The first-order chi connectivity index (χ1) is 26.1. The highest BCUT2D eigenvalue weighted by Crippen LogP contribution is 2.23. The molecule has 322 valence electrons. The predicted octanol–water partition coefficient (Wildman–Crippen LogP) is 3.68. The van der Waals surface area contributed by atoms with E-state index in [-0.39, 0.29) is 48.0 Å². The maximum atomic E-state index is 12.1. The molecule has 15 nitrogen and oxygen atoms in total. The molecule has 0 heterocycles. The average molecular weight is 859 g/mol. The van der Waals surface area contributed by atoms with Gasteiger partial charge in [-0.3, -0.25) is 33.6 Å². The van der Waals surface area contributed by atoms with E-state index in [0.717, 1.165) is 64.6 Å². The van der Waals surface area contributed by atoms with Crippen molar-refractivity contribution < 1.29 is 43.8 Å². The third-order valence-electron chi connectivity index (χ3n) is 7.50. The Labute approximate surface area is 345 Å². The van der Waals surface area contributed by atoms with Gasteiger partial charge in [0.05, 0.1) is 31.0 Å². The Kier molecular flexibility index (Phi) is 43.6. The van der Waals surface area contributed by atoms with Crippen LogP contribution in [0.25, 0.3) is 0 Å². The first-order valence-corrected chi connectivity index (χ1v) is 23.8. The fourth-order valence-electron chi connectivity index (χ4n) is 4.22. The Morgan fingerprint density at radius 3 is 1.07 bits per heavy atom. The predicted molar refractivity (Wildman–Crippen MR) is 231 cm³/mol. The Morgan fingerprint density at radius 1 is 0.491 bits per heavy atom. The molecule has 2 amide bonds. The van der Waals surface area contributed by atoms with E-state index in [1.54, 1.807) is 6.92 Å². The van der Waals surface area contributed by atoms with Gasteiger partial charge in [0.15, 0.2) is 11.6 Å². The van der Waals surface area contributed by atoms with E-state index in [9.17, 15) is 33.6 Å². The summed E-state index contributed by atoms with van der Waals surface area (Å²) in [6.07, 6.45) is 8.92. The van der Waals surface area contributed by atoms with E-state index in [2.05, 4.69) is 26.6 Å². The molecular formula is C36H70N6O9S4. The SMILES string of the molecule is CNCCCCC(N)C(C)=O.CNCCCCC(NC(=O)CCSSCCC(=O)NC(CCCCNC)C(C)=O)C(C)=O.O=C(O)CCSSCCC(=O)O. The Morgan fingerprint density at radius 2 is 0.800 bits per heavy atom. The average Bonchev–Trinajstić information content (AvgIpc) is 3.12. The molecule has 3 unspecified atom stereocenters. The molecule has 0 saturated carbocycles. The highest BCUT2D eigenvalue weighted by molar-refractivity contribution is 8.77. The van der Waals surface area contributed by atoms with Crippen molar-refractivity contribution in [3.63, 3.8) is 0 Å². The standard InChI is InChI=1S/C22H42N4O4S2.C8H18N2O.C6H10O4S2/c1-17(27)19(9-5-7-13-23-3)25-21(29)11-15-31-32-16-12-22(30)26-20(18(2)28)10-6-8-14-24-4;1-7(11)8(9)5-3-4-6-10-2;7-5(8)1-3-11-12-4-2-6(9)10/h19-20,23-24H,5-16H2,1-4H3,(H,25,29)(H,26,30);8,10H,3-6,9H2,1-2H3;1-4H2,(H,7,8)(H,9,10). The third kappa shape index (κ3) is 44.7. The molecule has 0 aliphatic rings. The zero-order valence-corrected chi connectivity index (χ0v) is 37.1. The van der Waals surface area contributed by atoms with Crippen LogP contribution in [-0.4, -0.2) is 133 Å². The fourth-order valence-corrected chi connectivity index (χ4v) is 8.16. The van der Waals surface area contributed by atoms with Gasteiger partial charge in [0.25, 0.3) is 0 Å². The lowest BCUT2D eigenvalue weighted by Gasteiger charge is -2.16. The summed E-state index contributed by atoms with van der Waals surface area (Å²) in [5.41, 5.74) is 5.53. The molecule has 55 heavy (non-hydrogen) atoms. The molecular weight excluding hydrogens is 789 g/mol. The smallest absolute Gasteiger partial charge is 0.304 e. The largest absolute Gasteiger partial charge is 0.481 e. The van der Waals surface area contributed by atoms with Crippen LogP contribution in [0.5, 0.6) is 0 Å². The van der Waals surface area contributed by atoms with Crippen molar-refractivity contribution in [3.8, 4) is 0 Å². The number of rotatable bonds is 34. The Hall–Kier alpha value is -1.87. The minimum Gasteiger partial charge on any atom is -0.481 e. The second kappa shape index (κ2) is 41.8. The third-order valence-corrected chi connectivity index (χ3v) is 12.3. The van der Waals surface area contributed by atoms with E-state index in [1.165, 1.54) is 57.0 Å². The van der Waals surface area contributed by atoms with Gasteiger partial charge in [0, 0.05) is 35.9 Å². The van der Waals surface area contributed by atoms with Gasteiger partial charge in [-0.05, 0) is 113 Å². The number of nitrogens with one attached hydrogen (secondary N) is 5. The molecule has 0 spiro atoms. The molecule has 0 saturated heterocycles. The van der Waals surface area contributed by atoms with Crippen LogP contribution in [0.4, 0.5) is 0 Å². The summed E-state index contributed by atoms with van der Waals surface area (Å²) in [5.74, 6) is 0.480. The molecule has 0 aromatic rings. The lowest BCUT2D eigenvalue weighted by atomic mass is 10.1.